The van der Waals surface area contributed by atoms with Crippen LogP contribution in [0.2, 0.25) is 0 Å². The zero-order chi connectivity index (χ0) is 13.5. The van der Waals surface area contributed by atoms with Gasteiger partial charge in [-0.2, -0.15) is 4.89 Å². The maximum Gasteiger partial charge on any atom is 0.230 e. The minimum atomic E-state index is -1.08. The molecule has 0 aromatic carbocycles. The minimum absolute atomic E-state index is 0.377. The lowest BCUT2D eigenvalue weighted by Gasteiger charge is -2.31. The van der Waals surface area contributed by atoms with Crippen LogP contribution in [-0.2, 0) is 14.7 Å². The molecule has 0 aromatic rings. The summed E-state index contributed by atoms with van der Waals surface area (Å²) in [5.41, 5.74) is -0.377. The second-order valence-electron chi connectivity index (χ2n) is 5.83. The van der Waals surface area contributed by atoms with Crippen LogP contribution in [0, 0.1) is 5.92 Å². The van der Waals surface area contributed by atoms with Gasteiger partial charge in [0, 0.05) is 6.42 Å². The molecule has 0 aromatic heterocycles. The molecule has 0 bridgehead atoms. The Labute approximate surface area is 105 Å². The molecule has 0 aliphatic heterocycles. The summed E-state index contributed by atoms with van der Waals surface area (Å²) in [6.07, 6.45) is 3.38. The van der Waals surface area contributed by atoms with E-state index in [1.54, 1.807) is 6.92 Å². The van der Waals surface area contributed by atoms with Gasteiger partial charge in [-0.25, -0.2) is 15.0 Å². The quantitative estimate of drug-likeness (QED) is 0.378. The molecule has 0 amide bonds. The Hall–Kier alpha value is -0.160. The van der Waals surface area contributed by atoms with Crippen molar-refractivity contribution in [1.82, 2.24) is 0 Å². The van der Waals surface area contributed by atoms with Gasteiger partial charge in [0.2, 0.25) is 5.79 Å². The van der Waals surface area contributed by atoms with Crippen LogP contribution < -0.4 is 0 Å². The molecule has 1 atom stereocenters. The van der Waals surface area contributed by atoms with Crippen molar-refractivity contribution in [1.29, 1.82) is 0 Å². The first-order valence-corrected chi connectivity index (χ1v) is 6.44. The molecule has 4 nitrogen and oxygen atoms in total. The molecule has 0 radical (unpaired) electrons. The maximum atomic E-state index is 8.83. The lowest BCUT2D eigenvalue weighted by molar-refractivity contribution is -0.515. The van der Waals surface area contributed by atoms with Gasteiger partial charge < -0.3 is 0 Å². The third-order valence-electron chi connectivity index (χ3n) is 2.66. The van der Waals surface area contributed by atoms with E-state index in [1.165, 1.54) is 0 Å². The maximum absolute atomic E-state index is 8.83. The third kappa shape index (κ3) is 7.71. The van der Waals surface area contributed by atoms with Gasteiger partial charge in [-0.1, -0.05) is 27.2 Å². The first-order valence-electron chi connectivity index (χ1n) is 6.44. The van der Waals surface area contributed by atoms with E-state index < -0.39 is 5.79 Å². The van der Waals surface area contributed by atoms with Crippen LogP contribution in [0.15, 0.2) is 0 Å². The lowest BCUT2D eigenvalue weighted by Crippen LogP contribution is -2.36. The van der Waals surface area contributed by atoms with Crippen LogP contribution in [0.25, 0.3) is 0 Å². The number of rotatable bonds is 9. The topological polar surface area (TPSA) is 47.9 Å². The Morgan fingerprint density at radius 1 is 1.06 bits per heavy atom. The van der Waals surface area contributed by atoms with Gasteiger partial charge in [0.15, 0.2) is 0 Å². The Bertz CT molecular complexity index is 204. The van der Waals surface area contributed by atoms with Gasteiger partial charge in [-0.05, 0) is 39.5 Å². The van der Waals surface area contributed by atoms with Crippen LogP contribution in [0.1, 0.15) is 67.2 Å². The third-order valence-corrected chi connectivity index (χ3v) is 2.66. The summed E-state index contributed by atoms with van der Waals surface area (Å²) in [5.74, 6) is -0.446. The predicted octanol–water partition coefficient (Wildman–Crippen LogP) is 4.16. The first kappa shape index (κ1) is 16.8. The normalized spacial score (nSPS) is 16.2. The molecule has 0 spiro atoms. The highest BCUT2D eigenvalue weighted by Gasteiger charge is 2.31. The molecule has 0 saturated carbocycles. The summed E-state index contributed by atoms with van der Waals surface area (Å²) in [6, 6.07) is 0. The summed E-state index contributed by atoms with van der Waals surface area (Å²) >= 11 is 0. The molecule has 0 rings (SSSR count). The molecule has 0 aliphatic rings. The summed E-state index contributed by atoms with van der Waals surface area (Å²) in [6.45, 7) is 11.9. The Morgan fingerprint density at radius 3 is 2.06 bits per heavy atom. The van der Waals surface area contributed by atoms with E-state index in [-0.39, 0.29) is 5.60 Å². The van der Waals surface area contributed by atoms with Crippen LogP contribution in [0.5, 0.6) is 0 Å². The second-order valence-corrected chi connectivity index (χ2v) is 5.83. The van der Waals surface area contributed by atoms with Crippen molar-refractivity contribution in [3.8, 4) is 0 Å². The Balaban J connectivity index is 4.13. The van der Waals surface area contributed by atoms with Crippen LogP contribution in [0.3, 0.4) is 0 Å². The summed E-state index contributed by atoms with van der Waals surface area (Å²) in [5, 5.41) is 8.83. The van der Waals surface area contributed by atoms with E-state index >= 15 is 0 Å². The first-order chi connectivity index (χ1) is 7.74. The van der Waals surface area contributed by atoms with Crippen molar-refractivity contribution in [3.63, 3.8) is 0 Å². The van der Waals surface area contributed by atoms with E-state index in [2.05, 4.69) is 18.7 Å². The van der Waals surface area contributed by atoms with Gasteiger partial charge in [0.05, 0.1) is 5.60 Å². The highest BCUT2D eigenvalue weighted by molar-refractivity contribution is 4.68. The van der Waals surface area contributed by atoms with E-state index in [9.17, 15) is 0 Å². The van der Waals surface area contributed by atoms with Crippen LogP contribution in [-0.4, -0.2) is 16.6 Å². The van der Waals surface area contributed by atoms with Crippen molar-refractivity contribution < 1.29 is 19.9 Å². The van der Waals surface area contributed by atoms with E-state index in [0.29, 0.717) is 12.3 Å². The van der Waals surface area contributed by atoms with Gasteiger partial charge in [-0.15, -0.1) is 0 Å². The predicted molar refractivity (Wildman–Crippen MR) is 67.3 cm³/mol. The van der Waals surface area contributed by atoms with Crippen molar-refractivity contribution in [3.05, 3.63) is 0 Å². The molecule has 1 unspecified atom stereocenters. The summed E-state index contributed by atoms with van der Waals surface area (Å²) in [4.78, 5) is 15.0. The van der Waals surface area contributed by atoms with Crippen LogP contribution in [0.4, 0.5) is 0 Å². The van der Waals surface area contributed by atoms with E-state index in [1.807, 2.05) is 20.8 Å². The van der Waals surface area contributed by atoms with Gasteiger partial charge in [-0.3, -0.25) is 0 Å². The lowest BCUT2D eigenvalue weighted by atomic mass is 9.97. The Kier molecular flexibility index (Phi) is 7.24. The standard InChI is InChI=1S/C13H28O4/c1-7-9-13(6,15-14)17-16-12(4,5)10-8-11(2)3/h11,14H,7-10H2,1-6H3. The fraction of sp³-hybridized carbons (Fsp3) is 1.00. The van der Waals surface area contributed by atoms with Crippen LogP contribution >= 0.6 is 0 Å². The molecule has 104 valence electrons. The molecule has 0 fully saturated rings. The fourth-order valence-electron chi connectivity index (χ4n) is 1.44. The van der Waals surface area contributed by atoms with Gasteiger partial charge in [0.25, 0.3) is 0 Å². The molecule has 0 heterocycles. The molecular weight excluding hydrogens is 220 g/mol. The highest BCUT2D eigenvalue weighted by atomic mass is 17.3. The summed E-state index contributed by atoms with van der Waals surface area (Å²) in [7, 11) is 0. The fourth-order valence-corrected chi connectivity index (χ4v) is 1.44. The number of hydrogen-bond acceptors (Lipinski definition) is 4. The molecule has 0 aliphatic carbocycles. The largest absolute Gasteiger partial charge is 0.249 e. The monoisotopic (exact) mass is 248 g/mol. The van der Waals surface area contributed by atoms with Gasteiger partial charge in [0.1, 0.15) is 0 Å². The van der Waals surface area contributed by atoms with Crippen molar-refractivity contribution in [2.75, 3.05) is 0 Å². The molecular formula is C13H28O4. The van der Waals surface area contributed by atoms with Crippen molar-refractivity contribution in [2.24, 2.45) is 5.92 Å². The van der Waals surface area contributed by atoms with E-state index in [0.717, 1.165) is 19.3 Å². The second kappa shape index (κ2) is 7.31. The molecule has 17 heavy (non-hydrogen) atoms. The average molecular weight is 248 g/mol. The SMILES string of the molecule is CCCC(C)(OO)OOC(C)(C)CCC(C)C. The zero-order valence-electron chi connectivity index (χ0n) is 12.1. The zero-order valence-corrected chi connectivity index (χ0v) is 12.1. The van der Waals surface area contributed by atoms with Gasteiger partial charge >= 0.3 is 0 Å². The minimum Gasteiger partial charge on any atom is -0.249 e. The molecule has 4 heteroatoms. The van der Waals surface area contributed by atoms with Crippen molar-refractivity contribution in [2.45, 2.75) is 78.6 Å². The smallest absolute Gasteiger partial charge is 0.230 e. The summed E-state index contributed by atoms with van der Waals surface area (Å²) < 4.78 is 0. The number of hydrogen-bond donors (Lipinski definition) is 1. The molecule has 1 N–H and O–H groups in total. The molecule has 0 saturated heterocycles. The highest BCUT2D eigenvalue weighted by Crippen LogP contribution is 2.25. The van der Waals surface area contributed by atoms with E-state index in [4.69, 9.17) is 15.0 Å². The average Bonchev–Trinajstić information content (AvgIpc) is 2.25. The Morgan fingerprint density at radius 2 is 1.65 bits per heavy atom. The van der Waals surface area contributed by atoms with Crippen molar-refractivity contribution >= 4 is 0 Å².